The van der Waals surface area contributed by atoms with Crippen molar-refractivity contribution in [3.05, 3.63) is 21.9 Å². The molecule has 0 atom stereocenters. The van der Waals surface area contributed by atoms with Gasteiger partial charge in [0.05, 0.1) is 11.9 Å². The van der Waals surface area contributed by atoms with Crippen molar-refractivity contribution in [3.63, 3.8) is 0 Å². The summed E-state index contributed by atoms with van der Waals surface area (Å²) in [6.07, 6.45) is 4.45. The third-order valence-corrected chi connectivity index (χ3v) is 3.51. The Kier molecular flexibility index (Phi) is 2.02. The molecule has 0 bridgehead atoms. The van der Waals surface area contributed by atoms with Gasteiger partial charge in [0.25, 0.3) is 0 Å². The molecule has 0 unspecified atom stereocenters. The summed E-state index contributed by atoms with van der Waals surface area (Å²) in [6, 6.07) is 0. The predicted octanol–water partition coefficient (Wildman–Crippen LogP) is -0.137. The van der Waals surface area contributed by atoms with E-state index in [1.54, 1.807) is 0 Å². The summed E-state index contributed by atoms with van der Waals surface area (Å²) in [7, 11) is -3.46. The Morgan fingerprint density at radius 2 is 1.93 bits per heavy atom. The van der Waals surface area contributed by atoms with E-state index in [9.17, 15) is 13.2 Å². The molecule has 0 radical (unpaired) electrons. The molecule has 0 fully saturated rings. The normalized spacial score (nSPS) is 16.6. The van der Waals surface area contributed by atoms with E-state index >= 15 is 0 Å². The molecule has 1 aromatic heterocycles. The summed E-state index contributed by atoms with van der Waals surface area (Å²) < 4.78 is 23.5. The molecule has 0 spiro atoms. The number of H-pyrrole nitrogens is 1. The van der Waals surface area contributed by atoms with Gasteiger partial charge in [-0.2, -0.15) is 3.97 Å². The first-order valence-electron chi connectivity index (χ1n) is 4.53. The summed E-state index contributed by atoms with van der Waals surface area (Å²) in [5.41, 5.74) is 0.898. The molecule has 0 saturated heterocycles. The molecule has 2 rings (SSSR count). The third kappa shape index (κ3) is 1.39. The number of nitrogens with zero attached hydrogens (tertiary/aromatic N) is 1. The monoisotopic (exact) mass is 216 g/mol. The number of nitrogens with one attached hydrogen (secondary N) is 1. The van der Waals surface area contributed by atoms with E-state index in [2.05, 4.69) is 4.98 Å². The van der Waals surface area contributed by atoms with Crippen LogP contribution in [0.15, 0.2) is 4.79 Å². The Bertz CT molecular complexity index is 509. The molecule has 6 heteroatoms. The van der Waals surface area contributed by atoms with Gasteiger partial charge in [-0.05, 0) is 25.7 Å². The minimum atomic E-state index is -3.46. The lowest BCUT2D eigenvalue weighted by atomic mass is 10.0. The average molecular weight is 216 g/mol. The van der Waals surface area contributed by atoms with Crippen LogP contribution in [0.3, 0.4) is 0 Å². The molecule has 14 heavy (non-hydrogen) atoms. The maximum absolute atomic E-state index is 11.4. The molecule has 0 aromatic carbocycles. The molecule has 0 amide bonds. The molecule has 1 aliphatic rings. The van der Waals surface area contributed by atoms with Gasteiger partial charge >= 0.3 is 5.69 Å². The van der Waals surface area contributed by atoms with Crippen LogP contribution in [0.5, 0.6) is 0 Å². The minimum Gasteiger partial charge on any atom is -0.309 e. The highest BCUT2D eigenvalue weighted by Crippen LogP contribution is 2.18. The molecule has 1 aliphatic carbocycles. The van der Waals surface area contributed by atoms with Crippen molar-refractivity contribution in [2.75, 3.05) is 6.26 Å². The lowest BCUT2D eigenvalue weighted by molar-refractivity contribution is 0.585. The zero-order chi connectivity index (χ0) is 10.3. The molecular formula is C8H12N2O3S. The highest BCUT2D eigenvalue weighted by Gasteiger charge is 2.22. The lowest BCUT2D eigenvalue weighted by Crippen LogP contribution is -2.26. The molecule has 5 nitrogen and oxygen atoms in total. The highest BCUT2D eigenvalue weighted by molar-refractivity contribution is 7.89. The number of fused-ring (bicyclic) bond motifs is 1. The number of rotatable bonds is 1. The highest BCUT2D eigenvalue weighted by atomic mass is 32.2. The topological polar surface area (TPSA) is 71.9 Å². The number of imidazole rings is 1. The molecule has 1 aromatic rings. The second-order valence-electron chi connectivity index (χ2n) is 3.59. The first-order chi connectivity index (χ1) is 6.50. The summed E-state index contributed by atoms with van der Waals surface area (Å²) in [6.45, 7) is 0. The van der Waals surface area contributed by atoms with Gasteiger partial charge in [0.2, 0.25) is 10.0 Å². The maximum atomic E-state index is 11.4. The molecule has 0 aliphatic heterocycles. The van der Waals surface area contributed by atoms with Crippen LogP contribution in [0.4, 0.5) is 0 Å². The van der Waals surface area contributed by atoms with Crippen molar-refractivity contribution in [1.29, 1.82) is 0 Å². The van der Waals surface area contributed by atoms with Crippen molar-refractivity contribution in [1.82, 2.24) is 8.96 Å². The van der Waals surface area contributed by atoms with Gasteiger partial charge in [0, 0.05) is 5.69 Å². The zero-order valence-electron chi connectivity index (χ0n) is 7.91. The van der Waals surface area contributed by atoms with Crippen molar-refractivity contribution in [3.8, 4) is 0 Å². The van der Waals surface area contributed by atoms with E-state index in [0.717, 1.165) is 35.2 Å². The molecule has 0 saturated carbocycles. The van der Waals surface area contributed by atoms with Gasteiger partial charge in [-0.25, -0.2) is 13.2 Å². The van der Waals surface area contributed by atoms with Gasteiger partial charge in [0.15, 0.2) is 0 Å². The van der Waals surface area contributed by atoms with Crippen LogP contribution in [0.2, 0.25) is 0 Å². The van der Waals surface area contributed by atoms with Gasteiger partial charge in [-0.15, -0.1) is 0 Å². The van der Waals surface area contributed by atoms with Crippen molar-refractivity contribution < 1.29 is 8.42 Å². The van der Waals surface area contributed by atoms with Gasteiger partial charge in [0.1, 0.15) is 0 Å². The van der Waals surface area contributed by atoms with Gasteiger partial charge in [-0.3, -0.25) is 0 Å². The fourth-order valence-corrected chi connectivity index (χ4v) is 2.85. The number of hydrogen-bond donors (Lipinski definition) is 1. The van der Waals surface area contributed by atoms with Crippen LogP contribution < -0.4 is 5.69 Å². The largest absolute Gasteiger partial charge is 0.339 e. The van der Waals surface area contributed by atoms with Crippen LogP contribution >= 0.6 is 0 Å². The molecule has 1 heterocycles. The zero-order valence-corrected chi connectivity index (χ0v) is 8.73. The van der Waals surface area contributed by atoms with Crippen LogP contribution in [0, 0.1) is 0 Å². The number of hydrogen-bond acceptors (Lipinski definition) is 3. The lowest BCUT2D eigenvalue weighted by Gasteiger charge is -2.11. The fourth-order valence-electron chi connectivity index (χ4n) is 1.90. The van der Waals surface area contributed by atoms with E-state index in [0.29, 0.717) is 12.1 Å². The quantitative estimate of drug-likeness (QED) is 0.710. The van der Waals surface area contributed by atoms with Crippen LogP contribution in [-0.2, 0) is 22.9 Å². The Balaban J connectivity index is 2.72. The van der Waals surface area contributed by atoms with E-state index in [1.807, 2.05) is 0 Å². The van der Waals surface area contributed by atoms with Gasteiger partial charge in [-0.1, -0.05) is 0 Å². The fraction of sp³-hybridized carbons (Fsp3) is 0.625. The van der Waals surface area contributed by atoms with Crippen LogP contribution in [-0.4, -0.2) is 23.6 Å². The van der Waals surface area contributed by atoms with Crippen molar-refractivity contribution >= 4 is 10.0 Å². The second kappa shape index (κ2) is 2.98. The third-order valence-electron chi connectivity index (χ3n) is 2.46. The molecular weight excluding hydrogens is 204 g/mol. The van der Waals surface area contributed by atoms with E-state index in [1.165, 1.54) is 0 Å². The Morgan fingerprint density at radius 1 is 1.29 bits per heavy atom. The van der Waals surface area contributed by atoms with Crippen molar-refractivity contribution in [2.24, 2.45) is 0 Å². The first kappa shape index (κ1) is 9.51. The van der Waals surface area contributed by atoms with E-state index in [-0.39, 0.29) is 0 Å². The summed E-state index contributed by atoms with van der Waals surface area (Å²) in [5.74, 6) is 0. The second-order valence-corrected chi connectivity index (χ2v) is 5.42. The number of aromatic nitrogens is 2. The smallest absolute Gasteiger partial charge is 0.309 e. The van der Waals surface area contributed by atoms with Gasteiger partial charge < -0.3 is 4.98 Å². The Morgan fingerprint density at radius 3 is 2.57 bits per heavy atom. The SMILES string of the molecule is CS(=O)(=O)n1c2c([nH]c1=O)CCCC2. The van der Waals surface area contributed by atoms with Crippen LogP contribution in [0.1, 0.15) is 24.2 Å². The predicted molar refractivity (Wildman–Crippen MR) is 51.9 cm³/mol. The maximum Gasteiger partial charge on any atom is 0.339 e. The molecule has 1 N–H and O–H groups in total. The minimum absolute atomic E-state index is 0.528. The van der Waals surface area contributed by atoms with E-state index < -0.39 is 15.7 Å². The summed E-state index contributed by atoms with van der Waals surface area (Å²) >= 11 is 0. The van der Waals surface area contributed by atoms with Crippen molar-refractivity contribution in [2.45, 2.75) is 25.7 Å². The first-order valence-corrected chi connectivity index (χ1v) is 6.38. The van der Waals surface area contributed by atoms with Crippen LogP contribution in [0.25, 0.3) is 0 Å². The summed E-state index contributed by atoms with van der Waals surface area (Å²) in [5, 5.41) is 0. The standard InChI is InChI=1S/C8H12N2O3S/c1-14(12,13)10-7-5-3-2-4-6(7)9-8(10)11/h2-5H2,1H3,(H,9,11). The Labute approximate surface area is 81.8 Å². The molecule has 78 valence electrons. The number of aryl methyl sites for hydroxylation is 1. The summed E-state index contributed by atoms with van der Waals surface area (Å²) in [4.78, 5) is 14.0. The Hall–Kier alpha value is -1.04. The van der Waals surface area contributed by atoms with E-state index in [4.69, 9.17) is 0 Å². The average Bonchev–Trinajstić information content (AvgIpc) is 2.38. The number of aromatic amines is 1.